The lowest BCUT2D eigenvalue weighted by molar-refractivity contribution is -0.123. The van der Waals surface area contributed by atoms with E-state index in [1.54, 1.807) is 12.1 Å². The third kappa shape index (κ3) is 4.92. The molecule has 134 valence electrons. The number of carbonyl (C=O) groups excluding carboxylic acids is 1. The van der Waals surface area contributed by atoms with Crippen LogP contribution in [0.2, 0.25) is 0 Å². The van der Waals surface area contributed by atoms with Crippen molar-refractivity contribution in [1.29, 1.82) is 0 Å². The van der Waals surface area contributed by atoms with Crippen molar-refractivity contribution in [3.63, 3.8) is 0 Å². The molecule has 26 heavy (non-hydrogen) atoms. The van der Waals surface area contributed by atoms with Crippen molar-refractivity contribution in [1.82, 2.24) is 5.32 Å². The van der Waals surface area contributed by atoms with E-state index in [0.717, 1.165) is 16.3 Å². The second-order valence-corrected chi connectivity index (χ2v) is 5.60. The molecular formula is C20H17F2NO3. The molecule has 0 atom stereocenters. The largest absolute Gasteiger partial charge is 0.484 e. The fourth-order valence-electron chi connectivity index (χ4n) is 2.45. The number of fused-ring (bicyclic) bond motifs is 1. The van der Waals surface area contributed by atoms with E-state index in [1.807, 2.05) is 42.5 Å². The smallest absolute Gasteiger partial charge is 0.387 e. The molecule has 0 saturated carbocycles. The summed E-state index contributed by atoms with van der Waals surface area (Å²) in [7, 11) is 0. The van der Waals surface area contributed by atoms with Crippen molar-refractivity contribution < 1.29 is 23.0 Å². The van der Waals surface area contributed by atoms with Gasteiger partial charge in [0, 0.05) is 6.54 Å². The van der Waals surface area contributed by atoms with Gasteiger partial charge in [-0.05, 0) is 40.6 Å². The monoisotopic (exact) mass is 357 g/mol. The molecule has 0 unspecified atom stereocenters. The first-order valence-corrected chi connectivity index (χ1v) is 8.02. The fourth-order valence-corrected chi connectivity index (χ4v) is 2.45. The van der Waals surface area contributed by atoms with Crippen molar-refractivity contribution in [2.24, 2.45) is 0 Å². The fraction of sp³-hybridized carbons (Fsp3) is 0.150. The summed E-state index contributed by atoms with van der Waals surface area (Å²) in [5, 5.41) is 4.85. The molecule has 0 aliphatic carbocycles. The molecule has 0 fully saturated rings. The maximum Gasteiger partial charge on any atom is 0.387 e. The molecular weight excluding hydrogens is 340 g/mol. The molecule has 4 nitrogen and oxygen atoms in total. The van der Waals surface area contributed by atoms with Crippen molar-refractivity contribution in [2.75, 3.05) is 6.61 Å². The molecule has 0 aliphatic heterocycles. The minimum atomic E-state index is -2.85. The summed E-state index contributed by atoms with van der Waals surface area (Å²) < 4.78 is 34.0. The molecule has 0 spiro atoms. The van der Waals surface area contributed by atoms with Crippen LogP contribution in [-0.4, -0.2) is 19.1 Å². The molecule has 3 aromatic rings. The third-order valence-electron chi connectivity index (χ3n) is 3.73. The number of rotatable bonds is 7. The SMILES string of the molecule is O=C(COc1ccc2ccccc2c1)NCc1ccc(OC(F)F)cc1. The Morgan fingerprint density at radius 2 is 1.62 bits per heavy atom. The van der Waals surface area contributed by atoms with Crippen molar-refractivity contribution in [3.8, 4) is 11.5 Å². The highest BCUT2D eigenvalue weighted by molar-refractivity contribution is 5.84. The highest BCUT2D eigenvalue weighted by Gasteiger charge is 2.06. The van der Waals surface area contributed by atoms with Crippen LogP contribution in [0, 0.1) is 0 Å². The van der Waals surface area contributed by atoms with Gasteiger partial charge in [-0.1, -0.05) is 42.5 Å². The first-order valence-electron chi connectivity index (χ1n) is 8.02. The van der Waals surface area contributed by atoms with E-state index in [1.165, 1.54) is 12.1 Å². The average Bonchev–Trinajstić information content (AvgIpc) is 2.65. The Kier molecular flexibility index (Phi) is 5.63. The lowest BCUT2D eigenvalue weighted by atomic mass is 10.1. The predicted molar refractivity (Wildman–Crippen MR) is 94.4 cm³/mol. The Hall–Kier alpha value is -3.15. The second kappa shape index (κ2) is 8.29. The number of ether oxygens (including phenoxy) is 2. The summed E-state index contributed by atoms with van der Waals surface area (Å²) in [6.07, 6.45) is 0. The maximum absolute atomic E-state index is 12.1. The summed E-state index contributed by atoms with van der Waals surface area (Å²) >= 11 is 0. The highest BCUT2D eigenvalue weighted by Crippen LogP contribution is 2.20. The summed E-state index contributed by atoms with van der Waals surface area (Å²) in [6.45, 7) is -2.69. The van der Waals surface area contributed by atoms with Gasteiger partial charge >= 0.3 is 6.61 Å². The normalized spacial score (nSPS) is 10.7. The van der Waals surface area contributed by atoms with E-state index in [0.29, 0.717) is 5.75 Å². The molecule has 0 heterocycles. The minimum absolute atomic E-state index is 0.0784. The molecule has 3 rings (SSSR count). The highest BCUT2D eigenvalue weighted by atomic mass is 19.3. The van der Waals surface area contributed by atoms with E-state index in [-0.39, 0.29) is 24.8 Å². The van der Waals surface area contributed by atoms with Crippen molar-refractivity contribution in [2.45, 2.75) is 13.2 Å². The zero-order valence-corrected chi connectivity index (χ0v) is 13.8. The van der Waals surface area contributed by atoms with E-state index >= 15 is 0 Å². The van der Waals surface area contributed by atoms with Crippen LogP contribution >= 0.6 is 0 Å². The van der Waals surface area contributed by atoms with Gasteiger partial charge in [-0.15, -0.1) is 0 Å². The second-order valence-electron chi connectivity index (χ2n) is 5.60. The minimum Gasteiger partial charge on any atom is -0.484 e. The Morgan fingerprint density at radius 3 is 2.35 bits per heavy atom. The Labute approximate surface area is 149 Å². The quantitative estimate of drug-likeness (QED) is 0.691. The number of amides is 1. The van der Waals surface area contributed by atoms with Gasteiger partial charge in [0.05, 0.1) is 0 Å². The number of benzene rings is 3. The van der Waals surface area contributed by atoms with Gasteiger partial charge in [0.1, 0.15) is 11.5 Å². The Bertz CT molecular complexity index is 882. The zero-order chi connectivity index (χ0) is 18.4. The first kappa shape index (κ1) is 17.7. The van der Waals surface area contributed by atoms with Gasteiger partial charge in [-0.2, -0.15) is 8.78 Å². The van der Waals surface area contributed by atoms with Crippen LogP contribution in [0.5, 0.6) is 11.5 Å². The summed E-state index contributed by atoms with van der Waals surface area (Å²) in [5.74, 6) is 0.424. The van der Waals surface area contributed by atoms with E-state index in [9.17, 15) is 13.6 Å². The molecule has 0 saturated heterocycles. The van der Waals surface area contributed by atoms with Crippen LogP contribution in [0.1, 0.15) is 5.56 Å². The van der Waals surface area contributed by atoms with Crippen LogP contribution in [-0.2, 0) is 11.3 Å². The van der Waals surface area contributed by atoms with E-state index in [2.05, 4.69) is 10.1 Å². The van der Waals surface area contributed by atoms with Crippen molar-refractivity contribution in [3.05, 3.63) is 72.3 Å². The number of hydrogen-bond donors (Lipinski definition) is 1. The summed E-state index contributed by atoms with van der Waals surface area (Å²) in [5.41, 5.74) is 0.769. The number of carbonyl (C=O) groups is 1. The number of alkyl halides is 2. The number of hydrogen-bond acceptors (Lipinski definition) is 3. The molecule has 0 bridgehead atoms. The number of halogens is 2. The lowest BCUT2D eigenvalue weighted by Gasteiger charge is -2.09. The van der Waals surface area contributed by atoms with E-state index < -0.39 is 6.61 Å². The molecule has 0 aromatic heterocycles. The van der Waals surface area contributed by atoms with Gasteiger partial charge in [0.25, 0.3) is 5.91 Å². The first-order chi connectivity index (χ1) is 12.6. The van der Waals surface area contributed by atoms with Gasteiger partial charge in [0.15, 0.2) is 6.61 Å². The van der Waals surface area contributed by atoms with Gasteiger partial charge < -0.3 is 14.8 Å². The third-order valence-corrected chi connectivity index (χ3v) is 3.73. The van der Waals surface area contributed by atoms with E-state index in [4.69, 9.17) is 4.74 Å². The molecule has 1 N–H and O–H groups in total. The molecule has 0 aliphatic rings. The summed E-state index contributed by atoms with van der Waals surface area (Å²) in [4.78, 5) is 11.9. The maximum atomic E-state index is 12.1. The average molecular weight is 357 g/mol. The molecule has 6 heteroatoms. The predicted octanol–water partition coefficient (Wildman–Crippen LogP) is 4.14. The number of nitrogens with one attached hydrogen (secondary N) is 1. The zero-order valence-electron chi connectivity index (χ0n) is 13.8. The van der Waals surface area contributed by atoms with Crippen LogP contribution in [0.25, 0.3) is 10.8 Å². The topological polar surface area (TPSA) is 47.6 Å². The Morgan fingerprint density at radius 1 is 0.923 bits per heavy atom. The van der Waals surface area contributed by atoms with Crippen LogP contribution in [0.3, 0.4) is 0 Å². The van der Waals surface area contributed by atoms with Crippen LogP contribution < -0.4 is 14.8 Å². The Balaban J connectivity index is 1.47. The molecule has 0 radical (unpaired) electrons. The van der Waals surface area contributed by atoms with Gasteiger partial charge in [-0.25, -0.2) is 0 Å². The van der Waals surface area contributed by atoms with Crippen molar-refractivity contribution >= 4 is 16.7 Å². The summed E-state index contributed by atoms with van der Waals surface area (Å²) in [6, 6.07) is 19.6. The van der Waals surface area contributed by atoms with Gasteiger partial charge in [-0.3, -0.25) is 4.79 Å². The van der Waals surface area contributed by atoms with Crippen LogP contribution in [0.4, 0.5) is 8.78 Å². The molecule has 1 amide bonds. The van der Waals surface area contributed by atoms with Gasteiger partial charge in [0.2, 0.25) is 0 Å². The molecule has 3 aromatic carbocycles. The standard InChI is InChI=1S/C20H17F2NO3/c21-20(22)26-17-8-5-14(6-9-17)12-23-19(24)13-25-18-10-7-15-3-1-2-4-16(15)11-18/h1-11,20H,12-13H2,(H,23,24). The van der Waals surface area contributed by atoms with Crippen LogP contribution in [0.15, 0.2) is 66.7 Å². The lowest BCUT2D eigenvalue weighted by Crippen LogP contribution is -2.28.